The van der Waals surface area contributed by atoms with E-state index in [9.17, 15) is 23.3 Å². The molecule has 0 bridgehead atoms. The molecule has 0 radical (unpaired) electrons. The second kappa shape index (κ2) is 10.0. The predicted molar refractivity (Wildman–Crippen MR) is 134 cm³/mol. The summed E-state index contributed by atoms with van der Waals surface area (Å²) in [5.74, 6) is -0.400. The fourth-order valence-corrected chi connectivity index (χ4v) is 4.72. The van der Waals surface area contributed by atoms with Gasteiger partial charge in [-0.2, -0.15) is 13.5 Å². The first-order chi connectivity index (χ1) is 16.7. The molecule has 0 atom stereocenters. The minimum Gasteiger partial charge on any atom is -0.378 e. The quantitative estimate of drug-likeness (QED) is 0.148. The topological polar surface area (TPSA) is 128 Å². The number of hydrogen-bond acceptors (Lipinski definition) is 7. The zero-order valence-electron chi connectivity index (χ0n) is 17.8. The third-order valence-electron chi connectivity index (χ3n) is 4.86. The first-order valence-corrected chi connectivity index (χ1v) is 12.2. The van der Waals surface area contributed by atoms with Crippen LogP contribution in [0.15, 0.2) is 99.4 Å². The number of fused-ring (bicyclic) bond motifs is 1. The Labute approximate surface area is 208 Å². The molecule has 35 heavy (non-hydrogen) atoms. The Morgan fingerprint density at radius 3 is 2.49 bits per heavy atom. The van der Waals surface area contributed by atoms with E-state index in [-0.39, 0.29) is 22.2 Å². The lowest BCUT2D eigenvalue weighted by Crippen LogP contribution is -2.17. The predicted octanol–water partition coefficient (Wildman–Crippen LogP) is 5.04. The Morgan fingerprint density at radius 2 is 1.74 bits per heavy atom. The summed E-state index contributed by atoms with van der Waals surface area (Å²) in [7, 11) is -4.30. The lowest BCUT2D eigenvalue weighted by atomic mass is 10.1. The van der Waals surface area contributed by atoms with Crippen molar-refractivity contribution in [2.75, 3.05) is 0 Å². The van der Waals surface area contributed by atoms with Crippen LogP contribution in [0.2, 0.25) is 0 Å². The van der Waals surface area contributed by atoms with E-state index in [4.69, 9.17) is 4.18 Å². The number of nitrogens with zero attached hydrogens (tertiary/aromatic N) is 2. The molecule has 4 aromatic rings. The van der Waals surface area contributed by atoms with E-state index in [1.54, 1.807) is 18.2 Å². The molecule has 11 heteroatoms. The summed E-state index contributed by atoms with van der Waals surface area (Å²) in [6, 6.07) is 22.0. The van der Waals surface area contributed by atoms with Crippen molar-refractivity contribution in [3.63, 3.8) is 0 Å². The van der Waals surface area contributed by atoms with Gasteiger partial charge in [0.15, 0.2) is 5.75 Å². The Morgan fingerprint density at radius 1 is 0.971 bits per heavy atom. The van der Waals surface area contributed by atoms with Crippen LogP contribution in [0.4, 0.5) is 5.69 Å². The molecule has 0 aliphatic rings. The van der Waals surface area contributed by atoms with Crippen LogP contribution in [0.3, 0.4) is 0 Å². The molecule has 176 valence electrons. The van der Waals surface area contributed by atoms with Crippen LogP contribution in [-0.4, -0.2) is 25.5 Å². The standard InChI is InChI=1S/C24H16BrN3O6S/c25-22-12-16(15-26-27-24(29)19-10-9-17-4-1-2-5-18(17)13-19)8-11-23(22)34-35(32,33)21-7-3-6-20(14-21)28(30)31/h1-15H,(H,27,29)/b26-15-. The Hall–Kier alpha value is -4.09. The molecule has 0 saturated heterocycles. The van der Waals surface area contributed by atoms with Crippen LogP contribution in [-0.2, 0) is 10.1 Å². The summed E-state index contributed by atoms with van der Waals surface area (Å²) < 4.78 is 30.5. The lowest BCUT2D eigenvalue weighted by Gasteiger charge is -2.09. The first kappa shape index (κ1) is 24.0. The van der Waals surface area contributed by atoms with Crippen molar-refractivity contribution in [2.45, 2.75) is 4.90 Å². The number of amides is 1. The van der Waals surface area contributed by atoms with Gasteiger partial charge in [0, 0.05) is 17.7 Å². The summed E-state index contributed by atoms with van der Waals surface area (Å²) >= 11 is 3.24. The maximum Gasteiger partial charge on any atom is 0.339 e. The smallest absolute Gasteiger partial charge is 0.339 e. The number of rotatable bonds is 7. The highest BCUT2D eigenvalue weighted by atomic mass is 79.9. The van der Waals surface area contributed by atoms with Crippen molar-refractivity contribution in [1.82, 2.24) is 5.43 Å². The summed E-state index contributed by atoms with van der Waals surface area (Å²) in [6.07, 6.45) is 1.39. The van der Waals surface area contributed by atoms with Crippen LogP contribution in [0.5, 0.6) is 5.75 Å². The molecule has 0 aromatic heterocycles. The minimum atomic E-state index is -4.30. The maximum atomic E-state index is 12.5. The molecule has 0 unspecified atom stereocenters. The van der Waals surface area contributed by atoms with E-state index in [0.717, 1.165) is 16.8 Å². The molecule has 0 saturated carbocycles. The molecule has 0 spiro atoms. The summed E-state index contributed by atoms with van der Waals surface area (Å²) in [5, 5.41) is 16.8. The van der Waals surface area contributed by atoms with Crippen LogP contribution >= 0.6 is 15.9 Å². The van der Waals surface area contributed by atoms with E-state index < -0.39 is 15.0 Å². The molecule has 0 aliphatic heterocycles. The van der Waals surface area contributed by atoms with E-state index in [1.165, 1.54) is 36.5 Å². The van der Waals surface area contributed by atoms with Crippen LogP contribution < -0.4 is 9.61 Å². The summed E-state index contributed by atoms with van der Waals surface area (Å²) in [4.78, 5) is 22.3. The van der Waals surface area contributed by atoms with Gasteiger partial charge in [-0.05, 0) is 68.7 Å². The second-order valence-corrected chi connectivity index (χ2v) is 9.64. The van der Waals surface area contributed by atoms with Crippen LogP contribution in [0.25, 0.3) is 10.8 Å². The molecule has 1 N–H and O–H groups in total. The van der Waals surface area contributed by atoms with E-state index in [0.29, 0.717) is 15.6 Å². The van der Waals surface area contributed by atoms with Gasteiger partial charge in [0.25, 0.3) is 11.6 Å². The second-order valence-electron chi connectivity index (χ2n) is 7.24. The van der Waals surface area contributed by atoms with Gasteiger partial charge in [-0.15, -0.1) is 0 Å². The largest absolute Gasteiger partial charge is 0.378 e. The number of halogens is 1. The molecular weight excluding hydrogens is 538 g/mol. The van der Waals surface area contributed by atoms with Gasteiger partial charge in [0.1, 0.15) is 4.90 Å². The lowest BCUT2D eigenvalue weighted by molar-refractivity contribution is -0.385. The van der Waals surface area contributed by atoms with E-state index in [2.05, 4.69) is 26.5 Å². The highest BCUT2D eigenvalue weighted by molar-refractivity contribution is 9.10. The van der Waals surface area contributed by atoms with E-state index in [1.807, 2.05) is 30.3 Å². The number of nitro benzene ring substituents is 1. The van der Waals surface area contributed by atoms with Crippen molar-refractivity contribution >= 4 is 54.6 Å². The zero-order valence-corrected chi connectivity index (χ0v) is 20.2. The first-order valence-electron chi connectivity index (χ1n) is 10.0. The van der Waals surface area contributed by atoms with Gasteiger partial charge in [0.05, 0.1) is 15.6 Å². The number of hydrazone groups is 1. The van der Waals surface area contributed by atoms with Crippen molar-refractivity contribution in [3.05, 3.63) is 111 Å². The van der Waals surface area contributed by atoms with Crippen molar-refractivity contribution in [1.29, 1.82) is 0 Å². The number of carbonyl (C=O) groups is 1. The summed E-state index contributed by atoms with van der Waals surface area (Å²) in [6.45, 7) is 0. The van der Waals surface area contributed by atoms with Gasteiger partial charge >= 0.3 is 10.1 Å². The maximum absolute atomic E-state index is 12.5. The average Bonchev–Trinajstić information content (AvgIpc) is 2.85. The Kier molecular flexibility index (Phi) is 6.90. The number of hydrogen-bond donors (Lipinski definition) is 1. The van der Waals surface area contributed by atoms with Crippen molar-refractivity contribution in [3.8, 4) is 5.75 Å². The molecule has 0 heterocycles. The molecule has 0 fully saturated rings. The molecular formula is C24H16BrN3O6S. The SMILES string of the molecule is O=C(N/N=C\c1ccc(OS(=O)(=O)c2cccc([N+](=O)[O-])c2)c(Br)c1)c1ccc2ccccc2c1. The highest BCUT2D eigenvalue weighted by Gasteiger charge is 2.21. The fraction of sp³-hybridized carbons (Fsp3) is 0. The van der Waals surface area contributed by atoms with Gasteiger partial charge in [-0.25, -0.2) is 5.43 Å². The minimum absolute atomic E-state index is 0.0196. The zero-order chi connectivity index (χ0) is 25.0. The average molecular weight is 554 g/mol. The number of benzene rings is 4. The molecule has 9 nitrogen and oxygen atoms in total. The molecule has 4 rings (SSSR count). The number of nitro groups is 1. The molecule has 4 aromatic carbocycles. The molecule has 0 aliphatic carbocycles. The third-order valence-corrected chi connectivity index (χ3v) is 6.71. The Balaban J connectivity index is 1.44. The van der Waals surface area contributed by atoms with Gasteiger partial charge in [-0.1, -0.05) is 36.4 Å². The van der Waals surface area contributed by atoms with Gasteiger partial charge in [0.2, 0.25) is 0 Å². The highest BCUT2D eigenvalue weighted by Crippen LogP contribution is 2.29. The van der Waals surface area contributed by atoms with Gasteiger partial charge < -0.3 is 4.18 Å². The van der Waals surface area contributed by atoms with E-state index >= 15 is 0 Å². The Bertz CT molecular complexity index is 1590. The number of non-ortho nitro benzene ring substituents is 1. The molecule has 1 amide bonds. The van der Waals surface area contributed by atoms with Crippen LogP contribution in [0.1, 0.15) is 15.9 Å². The van der Waals surface area contributed by atoms with Crippen LogP contribution in [0, 0.1) is 10.1 Å². The fourth-order valence-electron chi connectivity index (χ4n) is 3.14. The normalized spacial score (nSPS) is 11.5. The third kappa shape index (κ3) is 5.70. The monoisotopic (exact) mass is 553 g/mol. The van der Waals surface area contributed by atoms with Gasteiger partial charge in [-0.3, -0.25) is 14.9 Å². The number of nitrogens with one attached hydrogen (secondary N) is 1. The number of carbonyl (C=O) groups excluding carboxylic acids is 1. The van der Waals surface area contributed by atoms with Crippen molar-refractivity contribution < 1.29 is 22.3 Å². The summed E-state index contributed by atoms with van der Waals surface area (Å²) in [5.41, 5.74) is 3.09. The van der Waals surface area contributed by atoms with Crippen molar-refractivity contribution in [2.24, 2.45) is 5.10 Å².